The van der Waals surface area contributed by atoms with Gasteiger partial charge in [-0.05, 0) is 24.1 Å². The number of rotatable bonds is 5. The lowest BCUT2D eigenvalue weighted by Crippen LogP contribution is -2.44. The zero-order valence-corrected chi connectivity index (χ0v) is 15.9. The Labute approximate surface area is 161 Å². The first kappa shape index (κ1) is 20.1. The second kappa shape index (κ2) is 8.59. The molecule has 0 spiro atoms. The Morgan fingerprint density at radius 2 is 2.04 bits per heavy atom. The maximum Gasteiger partial charge on any atom is 0.416 e. The fourth-order valence-corrected chi connectivity index (χ4v) is 3.17. The third-order valence-corrected chi connectivity index (χ3v) is 4.74. The monoisotopic (exact) mass is 395 g/mol. The molecule has 1 aromatic carbocycles. The molecular weight excluding hydrogens is 371 g/mol. The van der Waals surface area contributed by atoms with Crippen molar-refractivity contribution in [2.45, 2.75) is 31.7 Å². The third-order valence-electron chi connectivity index (χ3n) is 4.74. The number of halogens is 3. The normalized spacial score (nSPS) is 18.5. The van der Waals surface area contributed by atoms with Crippen LogP contribution >= 0.6 is 0 Å². The third kappa shape index (κ3) is 5.22. The van der Waals surface area contributed by atoms with E-state index in [1.807, 2.05) is 11.6 Å². The first-order valence-corrected chi connectivity index (χ1v) is 9.03. The van der Waals surface area contributed by atoms with Gasteiger partial charge in [-0.2, -0.15) is 13.2 Å². The number of nitrogens with zero attached hydrogens (tertiary/aromatic N) is 5. The number of aromatic nitrogens is 3. The van der Waals surface area contributed by atoms with Gasteiger partial charge in [-0.25, -0.2) is 0 Å². The van der Waals surface area contributed by atoms with E-state index in [0.717, 1.165) is 43.0 Å². The lowest BCUT2D eigenvalue weighted by atomic mass is 10.1. The summed E-state index contributed by atoms with van der Waals surface area (Å²) in [5.41, 5.74) is 0.258. The largest absolute Gasteiger partial charge is 0.416 e. The van der Waals surface area contributed by atoms with Gasteiger partial charge in [0.05, 0.1) is 12.1 Å². The smallest absolute Gasteiger partial charge is 0.352 e. The Hall–Kier alpha value is -2.62. The summed E-state index contributed by atoms with van der Waals surface area (Å²) in [6.45, 7) is 2.81. The van der Waals surface area contributed by atoms with E-state index in [4.69, 9.17) is 0 Å². The molecule has 2 N–H and O–H groups in total. The van der Waals surface area contributed by atoms with Crippen LogP contribution in [0.1, 0.15) is 23.4 Å². The molecular formula is C18H24F3N7. The van der Waals surface area contributed by atoms with E-state index < -0.39 is 11.7 Å². The Balaban J connectivity index is 1.47. The van der Waals surface area contributed by atoms with Gasteiger partial charge in [0, 0.05) is 39.8 Å². The molecule has 10 heteroatoms. The minimum atomic E-state index is -4.30. The summed E-state index contributed by atoms with van der Waals surface area (Å²) >= 11 is 0. The molecule has 7 nitrogen and oxygen atoms in total. The van der Waals surface area contributed by atoms with E-state index in [-0.39, 0.29) is 6.04 Å². The number of guanidine groups is 1. The van der Waals surface area contributed by atoms with Crippen molar-refractivity contribution in [1.82, 2.24) is 30.3 Å². The number of benzene rings is 1. The van der Waals surface area contributed by atoms with Gasteiger partial charge in [0.15, 0.2) is 11.8 Å². The molecule has 0 aliphatic carbocycles. The standard InChI is InChI=1S/C18H24F3N7/c1-22-17(23-9-16-26-24-12-27(16)2)25-15-7-8-28(11-15)10-13-3-5-14(6-4-13)18(19,20)21/h3-6,12,15H,7-11H2,1-2H3,(H2,22,23,25). The summed E-state index contributed by atoms with van der Waals surface area (Å²) in [4.78, 5) is 6.45. The molecule has 0 radical (unpaired) electrons. The Kier molecular flexibility index (Phi) is 6.18. The van der Waals surface area contributed by atoms with Gasteiger partial charge in [0.25, 0.3) is 0 Å². The number of likely N-dealkylation sites (tertiary alicyclic amines) is 1. The van der Waals surface area contributed by atoms with E-state index in [1.54, 1.807) is 25.5 Å². The molecule has 1 unspecified atom stereocenters. The lowest BCUT2D eigenvalue weighted by molar-refractivity contribution is -0.137. The fraction of sp³-hybridized carbons (Fsp3) is 0.500. The Morgan fingerprint density at radius 1 is 1.29 bits per heavy atom. The van der Waals surface area contributed by atoms with Crippen LogP contribution in [0.4, 0.5) is 13.2 Å². The number of hydrogen-bond acceptors (Lipinski definition) is 4. The molecule has 0 saturated carbocycles. The van der Waals surface area contributed by atoms with Crippen molar-refractivity contribution < 1.29 is 13.2 Å². The molecule has 0 amide bonds. The summed E-state index contributed by atoms with van der Waals surface area (Å²) in [6.07, 6.45) is -1.72. The number of alkyl halides is 3. The second-order valence-corrected chi connectivity index (χ2v) is 6.84. The van der Waals surface area contributed by atoms with E-state index in [0.29, 0.717) is 19.0 Å². The van der Waals surface area contributed by atoms with E-state index >= 15 is 0 Å². The van der Waals surface area contributed by atoms with Crippen molar-refractivity contribution in [2.75, 3.05) is 20.1 Å². The second-order valence-electron chi connectivity index (χ2n) is 6.84. The van der Waals surface area contributed by atoms with Crippen molar-refractivity contribution in [2.24, 2.45) is 12.0 Å². The van der Waals surface area contributed by atoms with Crippen LogP contribution in [0.2, 0.25) is 0 Å². The molecule has 1 aliphatic rings. The van der Waals surface area contributed by atoms with Gasteiger partial charge in [0.1, 0.15) is 6.33 Å². The van der Waals surface area contributed by atoms with Crippen molar-refractivity contribution in [3.8, 4) is 0 Å². The van der Waals surface area contributed by atoms with Crippen LogP contribution in [-0.4, -0.2) is 51.8 Å². The molecule has 0 bridgehead atoms. The Bertz CT molecular complexity index is 798. The van der Waals surface area contributed by atoms with Gasteiger partial charge in [0.2, 0.25) is 0 Å². The summed E-state index contributed by atoms with van der Waals surface area (Å²) < 4.78 is 39.8. The Morgan fingerprint density at radius 3 is 2.64 bits per heavy atom. The average molecular weight is 395 g/mol. The summed E-state index contributed by atoms with van der Waals surface area (Å²) in [5.74, 6) is 1.49. The van der Waals surface area contributed by atoms with Crippen LogP contribution in [0.5, 0.6) is 0 Å². The van der Waals surface area contributed by atoms with Gasteiger partial charge in [-0.3, -0.25) is 9.89 Å². The molecule has 152 valence electrons. The predicted molar refractivity (Wildman–Crippen MR) is 99.5 cm³/mol. The van der Waals surface area contributed by atoms with Crippen molar-refractivity contribution >= 4 is 5.96 Å². The topological polar surface area (TPSA) is 70.4 Å². The summed E-state index contributed by atoms with van der Waals surface area (Å²) in [7, 11) is 3.59. The van der Waals surface area contributed by atoms with Crippen LogP contribution in [0.25, 0.3) is 0 Å². The minimum Gasteiger partial charge on any atom is -0.352 e. The first-order valence-electron chi connectivity index (χ1n) is 9.03. The highest BCUT2D eigenvalue weighted by atomic mass is 19.4. The average Bonchev–Trinajstić information content (AvgIpc) is 3.27. The zero-order valence-electron chi connectivity index (χ0n) is 15.9. The van der Waals surface area contributed by atoms with E-state index in [1.165, 1.54) is 0 Å². The number of hydrogen-bond donors (Lipinski definition) is 2. The SMILES string of the molecule is CN=C(NCc1nncn1C)NC1CCN(Cc2ccc(C(F)(F)F)cc2)C1. The molecule has 3 rings (SSSR count). The van der Waals surface area contributed by atoms with Gasteiger partial charge in [-0.1, -0.05) is 12.1 Å². The molecule has 1 saturated heterocycles. The van der Waals surface area contributed by atoms with Crippen molar-refractivity contribution in [1.29, 1.82) is 0 Å². The van der Waals surface area contributed by atoms with Crippen LogP contribution in [0.15, 0.2) is 35.6 Å². The lowest BCUT2D eigenvalue weighted by Gasteiger charge is -2.19. The highest BCUT2D eigenvalue weighted by Crippen LogP contribution is 2.29. The van der Waals surface area contributed by atoms with Crippen molar-refractivity contribution in [3.05, 3.63) is 47.5 Å². The quantitative estimate of drug-likeness (QED) is 0.597. The maximum absolute atomic E-state index is 12.7. The molecule has 2 aromatic rings. The molecule has 2 heterocycles. The zero-order chi connectivity index (χ0) is 20.1. The number of aliphatic imine (C=N–C) groups is 1. The highest BCUT2D eigenvalue weighted by molar-refractivity contribution is 5.79. The van der Waals surface area contributed by atoms with E-state index in [9.17, 15) is 13.2 Å². The molecule has 1 atom stereocenters. The van der Waals surface area contributed by atoms with Crippen LogP contribution in [0, 0.1) is 0 Å². The summed E-state index contributed by atoms with van der Waals surface area (Å²) in [5, 5.41) is 14.5. The number of nitrogens with one attached hydrogen (secondary N) is 2. The minimum absolute atomic E-state index is 0.222. The van der Waals surface area contributed by atoms with Crippen molar-refractivity contribution in [3.63, 3.8) is 0 Å². The molecule has 1 fully saturated rings. The predicted octanol–water partition coefficient (Wildman–Crippen LogP) is 1.77. The first-order chi connectivity index (χ1) is 13.3. The fourth-order valence-electron chi connectivity index (χ4n) is 3.17. The van der Waals surface area contributed by atoms with Crippen LogP contribution in [-0.2, 0) is 26.3 Å². The van der Waals surface area contributed by atoms with Gasteiger partial charge in [-0.15, -0.1) is 10.2 Å². The highest BCUT2D eigenvalue weighted by Gasteiger charge is 2.30. The molecule has 1 aromatic heterocycles. The van der Waals surface area contributed by atoms with E-state index in [2.05, 4.69) is 30.7 Å². The van der Waals surface area contributed by atoms with Crippen LogP contribution < -0.4 is 10.6 Å². The van der Waals surface area contributed by atoms with Gasteiger partial charge < -0.3 is 15.2 Å². The summed E-state index contributed by atoms with van der Waals surface area (Å²) in [6, 6.07) is 5.59. The molecule has 1 aliphatic heterocycles. The van der Waals surface area contributed by atoms with Gasteiger partial charge >= 0.3 is 6.18 Å². The number of aryl methyl sites for hydroxylation is 1. The molecule has 28 heavy (non-hydrogen) atoms. The maximum atomic E-state index is 12.7. The van der Waals surface area contributed by atoms with Crippen LogP contribution in [0.3, 0.4) is 0 Å².